The van der Waals surface area contributed by atoms with Crippen LogP contribution in [0.1, 0.15) is 82.3 Å². The van der Waals surface area contributed by atoms with E-state index in [-0.39, 0.29) is 5.91 Å². The summed E-state index contributed by atoms with van der Waals surface area (Å²) in [5.74, 6) is 1.51. The molecule has 0 saturated carbocycles. The van der Waals surface area contributed by atoms with Gasteiger partial charge in [0, 0.05) is 6.54 Å². The predicted molar refractivity (Wildman–Crippen MR) is 155 cm³/mol. The minimum atomic E-state index is 0.0293. The van der Waals surface area contributed by atoms with Crippen LogP contribution in [0.2, 0.25) is 0 Å². The van der Waals surface area contributed by atoms with E-state index < -0.39 is 0 Å². The Morgan fingerprint density at radius 3 is 2.22 bits per heavy atom. The average Bonchev–Trinajstić information content (AvgIpc) is 3.19. The summed E-state index contributed by atoms with van der Waals surface area (Å²) in [5, 5.41) is 0.758. The van der Waals surface area contributed by atoms with Crippen LogP contribution in [0.15, 0.2) is 52.4 Å². The highest BCUT2D eigenvalue weighted by atomic mass is 32.2. The third kappa shape index (κ3) is 8.13. The van der Waals surface area contributed by atoms with E-state index in [2.05, 4.69) is 26.0 Å². The standard InChI is InChI=1S/C31H40N2O3S/c1-3-4-5-6-7-8-9-10-11-12-19-33-30(34)29(37-31(33)32-26-16-13-24(2)14-17-26)23-25-15-18-27-28(22-25)36-21-20-35-27/h13-18,22-23H,3-12,19-21H2,1-2H3/b29-23-,32-31?. The molecule has 1 fully saturated rings. The number of benzene rings is 2. The molecule has 2 aliphatic heterocycles. The maximum atomic E-state index is 13.4. The molecule has 198 valence electrons. The number of thioether (sulfide) groups is 1. The zero-order valence-electron chi connectivity index (χ0n) is 22.3. The lowest BCUT2D eigenvalue weighted by Gasteiger charge is -2.18. The van der Waals surface area contributed by atoms with Crippen molar-refractivity contribution in [3.63, 3.8) is 0 Å². The molecule has 2 aromatic rings. The molecule has 2 heterocycles. The zero-order chi connectivity index (χ0) is 25.9. The van der Waals surface area contributed by atoms with E-state index in [1.54, 1.807) is 0 Å². The summed E-state index contributed by atoms with van der Waals surface area (Å²) in [7, 11) is 0. The van der Waals surface area contributed by atoms with Crippen molar-refractivity contribution in [2.45, 2.75) is 78.1 Å². The minimum Gasteiger partial charge on any atom is -0.486 e. The van der Waals surface area contributed by atoms with Gasteiger partial charge in [0.05, 0.1) is 10.6 Å². The fourth-order valence-corrected chi connectivity index (χ4v) is 5.60. The summed E-state index contributed by atoms with van der Waals surface area (Å²) in [6, 6.07) is 13.9. The van der Waals surface area contributed by atoms with Crippen molar-refractivity contribution in [1.82, 2.24) is 4.90 Å². The summed E-state index contributed by atoms with van der Waals surface area (Å²) in [5.41, 5.74) is 2.99. The number of unbranched alkanes of at least 4 members (excludes halogenated alkanes) is 9. The molecule has 2 aliphatic rings. The van der Waals surface area contributed by atoms with Crippen LogP contribution in [0, 0.1) is 6.92 Å². The van der Waals surface area contributed by atoms with E-state index in [1.165, 1.54) is 68.7 Å². The molecule has 0 aromatic heterocycles. The molecule has 37 heavy (non-hydrogen) atoms. The summed E-state index contributed by atoms with van der Waals surface area (Å²) in [4.78, 5) is 20.9. The predicted octanol–water partition coefficient (Wildman–Crippen LogP) is 8.29. The largest absolute Gasteiger partial charge is 0.486 e. The third-order valence-corrected chi connectivity index (χ3v) is 7.75. The highest BCUT2D eigenvalue weighted by molar-refractivity contribution is 8.18. The third-order valence-electron chi connectivity index (χ3n) is 6.75. The lowest BCUT2D eigenvalue weighted by Crippen LogP contribution is -2.30. The van der Waals surface area contributed by atoms with Crippen molar-refractivity contribution in [3.05, 3.63) is 58.5 Å². The van der Waals surface area contributed by atoms with E-state index in [9.17, 15) is 4.79 Å². The topological polar surface area (TPSA) is 51.1 Å². The molecule has 6 heteroatoms. The van der Waals surface area contributed by atoms with E-state index in [0.29, 0.717) is 24.7 Å². The number of fused-ring (bicyclic) bond motifs is 1. The SMILES string of the molecule is CCCCCCCCCCCCN1C(=O)/C(=C/c2ccc3c(c2)OCCO3)SC1=Nc1ccc(C)cc1. The molecule has 0 radical (unpaired) electrons. The minimum absolute atomic E-state index is 0.0293. The van der Waals surface area contributed by atoms with Gasteiger partial charge in [0.1, 0.15) is 13.2 Å². The van der Waals surface area contributed by atoms with Gasteiger partial charge in [-0.15, -0.1) is 0 Å². The van der Waals surface area contributed by atoms with Gasteiger partial charge in [-0.2, -0.15) is 0 Å². The summed E-state index contributed by atoms with van der Waals surface area (Å²) in [6.45, 7) is 6.13. The summed E-state index contributed by atoms with van der Waals surface area (Å²) < 4.78 is 11.4. The van der Waals surface area contributed by atoms with Crippen LogP contribution in [0.3, 0.4) is 0 Å². The highest BCUT2D eigenvalue weighted by Crippen LogP contribution is 2.36. The van der Waals surface area contributed by atoms with E-state index >= 15 is 0 Å². The number of rotatable bonds is 13. The van der Waals surface area contributed by atoms with Crippen LogP contribution in [0.4, 0.5) is 5.69 Å². The van der Waals surface area contributed by atoms with Crippen molar-refractivity contribution >= 4 is 34.6 Å². The first kappa shape index (κ1) is 27.3. The van der Waals surface area contributed by atoms with Crippen molar-refractivity contribution in [3.8, 4) is 11.5 Å². The molecule has 4 rings (SSSR count). The monoisotopic (exact) mass is 520 g/mol. The van der Waals surface area contributed by atoms with Crippen LogP contribution < -0.4 is 9.47 Å². The Bertz CT molecular complexity index is 1090. The Hall–Kier alpha value is -2.73. The van der Waals surface area contributed by atoms with Gasteiger partial charge in [-0.3, -0.25) is 9.69 Å². The van der Waals surface area contributed by atoms with Crippen LogP contribution in [0.5, 0.6) is 11.5 Å². The molecule has 0 spiro atoms. The molecule has 1 saturated heterocycles. The molecule has 0 N–H and O–H groups in total. The summed E-state index contributed by atoms with van der Waals surface area (Å²) >= 11 is 1.45. The second kappa shape index (κ2) is 14.3. The Kier molecular flexibility index (Phi) is 10.5. The molecular weight excluding hydrogens is 480 g/mol. The van der Waals surface area contributed by atoms with E-state index in [0.717, 1.165) is 40.8 Å². The Morgan fingerprint density at radius 2 is 1.51 bits per heavy atom. The van der Waals surface area contributed by atoms with Gasteiger partial charge in [-0.05, 0) is 61.0 Å². The van der Waals surface area contributed by atoms with Crippen LogP contribution >= 0.6 is 11.8 Å². The zero-order valence-corrected chi connectivity index (χ0v) is 23.2. The van der Waals surface area contributed by atoms with Gasteiger partial charge >= 0.3 is 0 Å². The number of aliphatic imine (C=N–C) groups is 1. The second-order valence-electron chi connectivity index (χ2n) is 9.88. The van der Waals surface area contributed by atoms with Gasteiger partial charge in [-0.25, -0.2) is 4.99 Å². The Labute approximate surface area is 226 Å². The van der Waals surface area contributed by atoms with Gasteiger partial charge in [-0.1, -0.05) is 88.5 Å². The van der Waals surface area contributed by atoms with Crippen LogP contribution in [0.25, 0.3) is 6.08 Å². The highest BCUT2D eigenvalue weighted by Gasteiger charge is 2.33. The number of carbonyl (C=O) groups excluding carboxylic acids is 1. The maximum Gasteiger partial charge on any atom is 0.266 e. The lowest BCUT2D eigenvalue weighted by molar-refractivity contribution is -0.122. The van der Waals surface area contributed by atoms with Gasteiger partial charge < -0.3 is 9.47 Å². The Balaban J connectivity index is 1.38. The van der Waals surface area contributed by atoms with Gasteiger partial charge in [0.2, 0.25) is 0 Å². The molecule has 2 aromatic carbocycles. The van der Waals surface area contributed by atoms with Gasteiger partial charge in [0.15, 0.2) is 16.7 Å². The number of carbonyl (C=O) groups is 1. The van der Waals surface area contributed by atoms with Crippen molar-refractivity contribution in [2.75, 3.05) is 19.8 Å². The normalized spacial score (nSPS) is 17.2. The first-order chi connectivity index (χ1) is 18.1. The summed E-state index contributed by atoms with van der Waals surface area (Å²) in [6.07, 6.45) is 14.7. The van der Waals surface area contributed by atoms with Crippen LogP contribution in [-0.2, 0) is 4.79 Å². The van der Waals surface area contributed by atoms with Crippen molar-refractivity contribution in [2.24, 2.45) is 4.99 Å². The quantitative estimate of drug-likeness (QED) is 0.197. The number of hydrogen-bond acceptors (Lipinski definition) is 5. The maximum absolute atomic E-state index is 13.4. The van der Waals surface area contributed by atoms with Crippen molar-refractivity contribution in [1.29, 1.82) is 0 Å². The number of amidine groups is 1. The number of amides is 1. The molecule has 1 amide bonds. The average molecular weight is 521 g/mol. The Morgan fingerprint density at radius 1 is 0.865 bits per heavy atom. The van der Waals surface area contributed by atoms with E-state index in [1.807, 2.05) is 41.3 Å². The molecule has 5 nitrogen and oxygen atoms in total. The first-order valence-corrected chi connectivity index (χ1v) is 14.7. The number of aryl methyl sites for hydroxylation is 1. The fourth-order valence-electron chi connectivity index (χ4n) is 4.58. The molecule has 0 atom stereocenters. The number of ether oxygens (including phenoxy) is 2. The number of hydrogen-bond donors (Lipinski definition) is 0. The van der Waals surface area contributed by atoms with Crippen LogP contribution in [-0.4, -0.2) is 35.7 Å². The van der Waals surface area contributed by atoms with E-state index in [4.69, 9.17) is 14.5 Å². The fraction of sp³-hybridized carbons (Fsp3) is 0.484. The second-order valence-corrected chi connectivity index (χ2v) is 10.9. The molecular formula is C31H40N2O3S. The molecule has 0 bridgehead atoms. The molecule has 0 aliphatic carbocycles. The smallest absolute Gasteiger partial charge is 0.266 e. The first-order valence-electron chi connectivity index (χ1n) is 13.9. The number of nitrogens with zero attached hydrogens (tertiary/aromatic N) is 2. The van der Waals surface area contributed by atoms with Gasteiger partial charge in [0.25, 0.3) is 5.91 Å². The molecule has 0 unspecified atom stereocenters. The van der Waals surface area contributed by atoms with Crippen molar-refractivity contribution < 1.29 is 14.3 Å². The lowest BCUT2D eigenvalue weighted by atomic mass is 10.1.